The normalized spacial score (nSPS) is 14.5. The number of carbonyl (C=O) groups is 1. The number of benzene rings is 1. The molecule has 0 aliphatic carbocycles. The first-order valence-electron chi connectivity index (χ1n) is 6.46. The predicted octanol–water partition coefficient (Wildman–Crippen LogP) is 1.81. The fraction of sp³-hybridized carbons (Fsp3) is 0.333. The summed E-state index contributed by atoms with van der Waals surface area (Å²) in [7, 11) is 1.93. The summed E-state index contributed by atoms with van der Waals surface area (Å²) in [6.45, 7) is 1.94. The van der Waals surface area contributed by atoms with Crippen LogP contribution in [0.5, 0.6) is 0 Å². The molecule has 2 aromatic rings. The van der Waals surface area contributed by atoms with Crippen LogP contribution in [0.15, 0.2) is 24.5 Å². The smallest absolute Gasteiger partial charge is 0.237 e. The van der Waals surface area contributed by atoms with E-state index in [-0.39, 0.29) is 5.78 Å². The van der Waals surface area contributed by atoms with E-state index in [9.17, 15) is 4.79 Å². The van der Waals surface area contributed by atoms with Crippen LogP contribution in [0.25, 0.3) is 11.0 Å². The number of rotatable bonds is 1. The van der Waals surface area contributed by atoms with Crippen molar-refractivity contribution in [3.05, 3.63) is 30.1 Å². The van der Waals surface area contributed by atoms with Crippen LogP contribution in [0.1, 0.15) is 23.2 Å². The van der Waals surface area contributed by atoms with E-state index in [4.69, 9.17) is 0 Å². The Morgan fingerprint density at radius 1 is 1.32 bits per heavy atom. The lowest BCUT2D eigenvalue weighted by Gasteiger charge is -2.05. The number of ketones is 1. The number of carbonyl (C=O) groups excluding carboxylic acids is 1. The standard InChI is InChI=1S/C15H15N3O/c1-17-11-16-13-10-12(4-5-14(13)17)15(19)6-9-18-7-2-3-8-18/h4-5,10-11H,2-3,7-8H2,1H3. The number of aromatic nitrogens is 2. The van der Waals surface area contributed by atoms with Gasteiger partial charge in [-0.3, -0.25) is 4.79 Å². The number of aryl methyl sites for hydroxylation is 1. The number of fused-ring (bicyclic) bond motifs is 1. The minimum absolute atomic E-state index is 0.139. The molecule has 96 valence electrons. The Balaban J connectivity index is 1.84. The molecule has 1 aromatic heterocycles. The van der Waals surface area contributed by atoms with Crippen LogP contribution in [0, 0.1) is 12.0 Å². The lowest BCUT2D eigenvalue weighted by molar-refractivity contribution is 0.105. The summed E-state index contributed by atoms with van der Waals surface area (Å²) in [5.74, 6) is 2.58. The van der Waals surface area contributed by atoms with Gasteiger partial charge in [0, 0.05) is 31.7 Å². The van der Waals surface area contributed by atoms with Crippen LogP contribution in [-0.2, 0) is 7.05 Å². The summed E-state index contributed by atoms with van der Waals surface area (Å²) in [4.78, 5) is 18.3. The molecular formula is C15H15N3O. The van der Waals surface area contributed by atoms with Crippen molar-refractivity contribution < 1.29 is 4.79 Å². The second kappa shape index (κ2) is 4.77. The van der Waals surface area contributed by atoms with Gasteiger partial charge in [-0.15, -0.1) is 0 Å². The van der Waals surface area contributed by atoms with Gasteiger partial charge in [0.05, 0.1) is 17.4 Å². The zero-order valence-corrected chi connectivity index (χ0v) is 10.9. The van der Waals surface area contributed by atoms with Gasteiger partial charge in [0.15, 0.2) is 0 Å². The number of hydrogen-bond acceptors (Lipinski definition) is 3. The molecular weight excluding hydrogens is 238 g/mol. The van der Waals surface area contributed by atoms with Gasteiger partial charge in [0.1, 0.15) is 0 Å². The van der Waals surface area contributed by atoms with Crippen molar-refractivity contribution in [3.63, 3.8) is 0 Å². The third-order valence-electron chi connectivity index (χ3n) is 3.42. The Morgan fingerprint density at radius 3 is 2.89 bits per heavy atom. The summed E-state index contributed by atoms with van der Waals surface area (Å²) in [5, 5.41) is 0. The van der Waals surface area contributed by atoms with Crippen molar-refractivity contribution in [2.24, 2.45) is 7.05 Å². The van der Waals surface area contributed by atoms with Gasteiger partial charge in [-0.25, -0.2) is 4.98 Å². The maximum absolute atomic E-state index is 12.0. The van der Waals surface area contributed by atoms with Crippen molar-refractivity contribution in [3.8, 4) is 12.0 Å². The molecule has 2 heterocycles. The lowest BCUT2D eigenvalue weighted by Crippen LogP contribution is -2.12. The molecule has 0 N–H and O–H groups in total. The molecule has 1 aliphatic heterocycles. The molecule has 1 aliphatic rings. The molecule has 0 radical (unpaired) electrons. The van der Waals surface area contributed by atoms with Crippen molar-refractivity contribution in [2.45, 2.75) is 12.8 Å². The Kier molecular flexibility index (Phi) is 2.96. The third-order valence-corrected chi connectivity index (χ3v) is 3.42. The average molecular weight is 253 g/mol. The molecule has 1 saturated heterocycles. The van der Waals surface area contributed by atoms with Crippen molar-refractivity contribution in [2.75, 3.05) is 13.1 Å². The molecule has 1 aromatic carbocycles. The zero-order chi connectivity index (χ0) is 13.2. The summed E-state index contributed by atoms with van der Waals surface area (Å²) >= 11 is 0. The van der Waals surface area contributed by atoms with Gasteiger partial charge < -0.3 is 9.47 Å². The second-order valence-corrected chi connectivity index (χ2v) is 4.82. The topological polar surface area (TPSA) is 38.1 Å². The molecule has 4 heteroatoms. The minimum Gasteiger partial charge on any atom is -0.334 e. The number of hydrogen-bond donors (Lipinski definition) is 0. The summed E-state index contributed by atoms with van der Waals surface area (Å²) in [6.07, 6.45) is 4.08. The molecule has 0 unspecified atom stereocenters. The van der Waals surface area contributed by atoms with Crippen LogP contribution >= 0.6 is 0 Å². The summed E-state index contributed by atoms with van der Waals surface area (Å²) < 4.78 is 1.93. The Morgan fingerprint density at radius 2 is 2.11 bits per heavy atom. The van der Waals surface area contributed by atoms with Crippen molar-refractivity contribution in [1.29, 1.82) is 0 Å². The maximum atomic E-state index is 12.0. The highest BCUT2D eigenvalue weighted by molar-refractivity contribution is 6.10. The van der Waals surface area contributed by atoms with E-state index in [1.165, 1.54) is 12.8 Å². The van der Waals surface area contributed by atoms with E-state index in [0.29, 0.717) is 5.56 Å². The Bertz CT molecular complexity index is 684. The number of imidazole rings is 1. The van der Waals surface area contributed by atoms with E-state index >= 15 is 0 Å². The van der Waals surface area contributed by atoms with E-state index in [2.05, 4.69) is 16.9 Å². The first-order chi connectivity index (χ1) is 9.24. The average Bonchev–Trinajstić information content (AvgIpc) is 3.06. The SMILES string of the molecule is Cn1cnc2cc(C(=O)C#CN3CCCC3)ccc21. The monoisotopic (exact) mass is 253 g/mol. The van der Waals surface area contributed by atoms with Crippen LogP contribution in [0.4, 0.5) is 0 Å². The van der Waals surface area contributed by atoms with Crippen LogP contribution < -0.4 is 0 Å². The van der Waals surface area contributed by atoms with Gasteiger partial charge in [-0.05, 0) is 37.0 Å². The number of nitrogens with zero attached hydrogens (tertiary/aromatic N) is 3. The molecule has 0 amide bonds. The predicted molar refractivity (Wildman–Crippen MR) is 73.6 cm³/mol. The lowest BCUT2D eigenvalue weighted by atomic mass is 10.1. The molecule has 0 atom stereocenters. The minimum atomic E-state index is -0.139. The van der Waals surface area contributed by atoms with Crippen LogP contribution in [-0.4, -0.2) is 33.3 Å². The fourth-order valence-corrected chi connectivity index (χ4v) is 2.31. The highest BCUT2D eigenvalue weighted by Crippen LogP contribution is 2.14. The number of likely N-dealkylation sites (tertiary alicyclic amines) is 1. The number of Topliss-reactive ketones (excluding diaryl/α,β-unsaturated/α-hetero) is 1. The van der Waals surface area contributed by atoms with Gasteiger partial charge in [0.25, 0.3) is 0 Å². The highest BCUT2D eigenvalue weighted by Gasteiger charge is 2.09. The zero-order valence-electron chi connectivity index (χ0n) is 10.9. The van der Waals surface area contributed by atoms with Crippen molar-refractivity contribution in [1.82, 2.24) is 14.5 Å². The molecule has 0 saturated carbocycles. The molecule has 1 fully saturated rings. The van der Waals surface area contributed by atoms with Gasteiger partial charge >= 0.3 is 0 Å². The quantitative estimate of drug-likeness (QED) is 0.574. The fourth-order valence-electron chi connectivity index (χ4n) is 2.31. The summed E-state index contributed by atoms with van der Waals surface area (Å²) in [5.41, 5.74) is 2.46. The maximum Gasteiger partial charge on any atom is 0.237 e. The Labute approximate surface area is 112 Å². The van der Waals surface area contributed by atoms with E-state index < -0.39 is 0 Å². The first-order valence-corrected chi connectivity index (χ1v) is 6.46. The van der Waals surface area contributed by atoms with Crippen molar-refractivity contribution >= 4 is 16.8 Å². The van der Waals surface area contributed by atoms with Crippen LogP contribution in [0.3, 0.4) is 0 Å². The van der Waals surface area contributed by atoms with Gasteiger partial charge in [0.2, 0.25) is 5.78 Å². The van der Waals surface area contributed by atoms with Crippen LogP contribution in [0.2, 0.25) is 0 Å². The largest absolute Gasteiger partial charge is 0.334 e. The van der Waals surface area contributed by atoms with E-state index in [1.54, 1.807) is 12.4 Å². The highest BCUT2D eigenvalue weighted by atomic mass is 16.1. The second-order valence-electron chi connectivity index (χ2n) is 4.82. The molecule has 4 nitrogen and oxygen atoms in total. The first kappa shape index (κ1) is 11.8. The Hall–Kier alpha value is -2.28. The molecule has 3 rings (SSSR count). The molecule has 0 bridgehead atoms. The third kappa shape index (κ3) is 2.32. The van der Waals surface area contributed by atoms with Gasteiger partial charge in [-0.1, -0.05) is 0 Å². The van der Waals surface area contributed by atoms with E-state index in [0.717, 1.165) is 24.1 Å². The van der Waals surface area contributed by atoms with E-state index in [1.807, 2.05) is 28.6 Å². The molecule has 19 heavy (non-hydrogen) atoms. The van der Waals surface area contributed by atoms with Gasteiger partial charge in [-0.2, -0.15) is 0 Å². The summed E-state index contributed by atoms with van der Waals surface area (Å²) in [6, 6.07) is 8.46. The molecule has 0 spiro atoms.